The third kappa shape index (κ3) is 8.16. The van der Waals surface area contributed by atoms with Crippen LogP contribution < -0.4 is 16.0 Å². The molecule has 11 nitrogen and oxygen atoms in total. The molecule has 2 bridgehead atoms. The lowest BCUT2D eigenvalue weighted by Crippen LogP contribution is -2.56. The maximum absolute atomic E-state index is 13.7. The van der Waals surface area contributed by atoms with E-state index in [1.807, 2.05) is 84.9 Å². The number of benzene rings is 3. The molecule has 7 rings (SSSR count). The summed E-state index contributed by atoms with van der Waals surface area (Å²) in [5.41, 5.74) is 3.74. The third-order valence-electron chi connectivity index (χ3n) is 9.53. The summed E-state index contributed by atoms with van der Waals surface area (Å²) in [6.07, 6.45) is 3.77. The van der Waals surface area contributed by atoms with Crippen molar-refractivity contribution in [1.82, 2.24) is 20.5 Å². The molecule has 3 aromatic carbocycles. The Morgan fingerprint density at radius 2 is 1.68 bits per heavy atom. The van der Waals surface area contributed by atoms with Gasteiger partial charge < -0.3 is 25.6 Å². The Labute approximate surface area is 290 Å². The van der Waals surface area contributed by atoms with Crippen LogP contribution in [0.4, 0.5) is 5.69 Å². The summed E-state index contributed by atoms with van der Waals surface area (Å²) in [5, 5.41) is 9.62. The third-order valence-corrected chi connectivity index (χ3v) is 9.53. The Hall–Kier alpha value is -5.58. The number of methoxy groups -OCH3 is 1. The van der Waals surface area contributed by atoms with Gasteiger partial charge in [0.05, 0.1) is 18.3 Å². The van der Waals surface area contributed by atoms with Crippen molar-refractivity contribution in [2.45, 2.75) is 69.0 Å². The molecule has 3 N–H and O–H groups in total. The normalized spacial score (nSPS) is 21.5. The number of hydrogen-bond donors (Lipinski definition) is 3. The van der Waals surface area contributed by atoms with Crippen molar-refractivity contribution in [3.8, 4) is 0 Å². The number of pyridine rings is 1. The minimum atomic E-state index is -1.01. The summed E-state index contributed by atoms with van der Waals surface area (Å²) in [6.45, 7) is 0.421. The standard InChI is InChI=1S/C39H41N5O6/c1-50-39(49)32-23-26-14-16-27(17-15-26)29(24-34(45)41-30-12-5-10-28-11-6-20-40-36(28)30)18-19-35(46)44-21-7-13-33(44)38(48)42-31(37(47)43-32)22-25-8-3-2-4-9-25/h2-6,8-12,14-17,20,29,31-33H,7,13,18-19,21-24H2,1H3,(H,41,45)(H,42,48)(H,43,47)/t29?,31-,32-,33-/m0/s1. The van der Waals surface area contributed by atoms with E-state index in [1.54, 1.807) is 11.1 Å². The number of aromatic nitrogens is 1. The SMILES string of the molecule is COC(=O)[C@@H]1Cc2ccc(cc2)C(CC(=O)Nc2cccc3cccnc23)CCC(=O)N2CCC[C@H]2C(=O)N[C@@H](Cc2ccccc2)C(=O)N1. The molecule has 0 saturated carbocycles. The number of esters is 1. The number of rotatable bonds is 6. The monoisotopic (exact) mass is 675 g/mol. The molecule has 1 aromatic heterocycles. The van der Waals surface area contributed by atoms with Gasteiger partial charge in [0.15, 0.2) is 0 Å². The zero-order chi connectivity index (χ0) is 35.0. The zero-order valence-corrected chi connectivity index (χ0v) is 28.0. The predicted molar refractivity (Wildman–Crippen MR) is 188 cm³/mol. The van der Waals surface area contributed by atoms with E-state index in [-0.39, 0.29) is 43.4 Å². The van der Waals surface area contributed by atoms with Gasteiger partial charge in [-0.15, -0.1) is 0 Å². The summed E-state index contributed by atoms with van der Waals surface area (Å²) in [5.74, 6) is -2.27. The summed E-state index contributed by atoms with van der Waals surface area (Å²) < 4.78 is 5.04. The molecule has 0 aliphatic carbocycles. The lowest BCUT2D eigenvalue weighted by Gasteiger charge is -2.27. The molecule has 50 heavy (non-hydrogen) atoms. The van der Waals surface area contributed by atoms with Crippen molar-refractivity contribution < 1.29 is 28.7 Å². The highest BCUT2D eigenvalue weighted by Gasteiger charge is 2.37. The molecule has 3 aliphatic rings. The number of hydrogen-bond acceptors (Lipinski definition) is 7. The van der Waals surface area contributed by atoms with Gasteiger partial charge >= 0.3 is 5.97 Å². The fourth-order valence-corrected chi connectivity index (χ4v) is 6.89. The van der Waals surface area contributed by atoms with Gasteiger partial charge in [0.1, 0.15) is 18.1 Å². The summed E-state index contributed by atoms with van der Waals surface area (Å²) >= 11 is 0. The number of anilines is 1. The Balaban J connectivity index is 1.28. The first-order chi connectivity index (χ1) is 24.3. The first kappa shape index (κ1) is 34.3. The minimum Gasteiger partial charge on any atom is -0.467 e. The van der Waals surface area contributed by atoms with Crippen molar-refractivity contribution in [3.63, 3.8) is 0 Å². The van der Waals surface area contributed by atoms with Gasteiger partial charge in [-0.05, 0) is 54.0 Å². The fraction of sp³-hybridized carbons (Fsp3) is 0.333. The van der Waals surface area contributed by atoms with E-state index in [1.165, 1.54) is 7.11 Å². The molecule has 258 valence electrons. The van der Waals surface area contributed by atoms with Gasteiger partial charge in [0.2, 0.25) is 23.6 Å². The maximum Gasteiger partial charge on any atom is 0.328 e. The average molecular weight is 676 g/mol. The largest absolute Gasteiger partial charge is 0.467 e. The van der Waals surface area contributed by atoms with Gasteiger partial charge in [-0.3, -0.25) is 24.2 Å². The Morgan fingerprint density at radius 1 is 0.900 bits per heavy atom. The molecule has 4 atom stereocenters. The highest BCUT2D eigenvalue weighted by atomic mass is 16.5. The van der Waals surface area contributed by atoms with Crippen LogP contribution in [-0.2, 0) is 41.6 Å². The lowest BCUT2D eigenvalue weighted by molar-refractivity contribution is -0.145. The number of amides is 4. The van der Waals surface area contributed by atoms with Crippen LogP contribution in [0.3, 0.4) is 0 Å². The second-order valence-electron chi connectivity index (χ2n) is 12.9. The molecule has 1 fully saturated rings. The van der Waals surface area contributed by atoms with E-state index in [4.69, 9.17) is 4.74 Å². The molecule has 3 aliphatic heterocycles. The van der Waals surface area contributed by atoms with E-state index in [2.05, 4.69) is 20.9 Å². The van der Waals surface area contributed by atoms with E-state index in [9.17, 15) is 24.0 Å². The van der Waals surface area contributed by atoms with Crippen LogP contribution in [0, 0.1) is 0 Å². The topological polar surface area (TPSA) is 147 Å². The Morgan fingerprint density at radius 3 is 2.46 bits per heavy atom. The van der Waals surface area contributed by atoms with E-state index in [0.717, 1.165) is 22.1 Å². The molecule has 0 spiro atoms. The summed E-state index contributed by atoms with van der Waals surface area (Å²) in [6, 6.07) is 23.4. The van der Waals surface area contributed by atoms with Crippen LogP contribution >= 0.6 is 0 Å². The molecule has 11 heteroatoms. The van der Waals surface area contributed by atoms with Gasteiger partial charge in [-0.25, -0.2) is 4.79 Å². The smallest absolute Gasteiger partial charge is 0.328 e. The number of para-hydroxylation sites is 1. The van der Waals surface area contributed by atoms with Crippen molar-refractivity contribution >= 4 is 46.2 Å². The molecule has 1 unspecified atom stereocenters. The minimum absolute atomic E-state index is 0.113. The number of ether oxygens (including phenoxy) is 1. The van der Waals surface area contributed by atoms with Crippen LogP contribution in [-0.4, -0.2) is 71.3 Å². The van der Waals surface area contributed by atoms with E-state index in [0.29, 0.717) is 37.0 Å². The lowest BCUT2D eigenvalue weighted by atomic mass is 9.89. The average Bonchev–Trinajstić information content (AvgIpc) is 3.63. The van der Waals surface area contributed by atoms with Gasteiger partial charge in [0.25, 0.3) is 0 Å². The highest BCUT2D eigenvalue weighted by molar-refractivity contribution is 6.00. The number of nitrogens with zero attached hydrogens (tertiary/aromatic N) is 2. The molecule has 4 aromatic rings. The van der Waals surface area contributed by atoms with Gasteiger partial charge in [-0.2, -0.15) is 0 Å². The molecular weight excluding hydrogens is 634 g/mol. The zero-order valence-electron chi connectivity index (χ0n) is 28.0. The first-order valence-electron chi connectivity index (χ1n) is 17.0. The fourth-order valence-electron chi connectivity index (χ4n) is 6.89. The van der Waals surface area contributed by atoms with E-state index >= 15 is 0 Å². The quantitative estimate of drug-likeness (QED) is 0.261. The number of nitrogens with one attached hydrogen (secondary N) is 3. The van der Waals surface area contributed by atoms with E-state index < -0.39 is 35.9 Å². The number of carbonyl (C=O) groups is 5. The summed E-state index contributed by atoms with van der Waals surface area (Å²) in [7, 11) is 1.26. The van der Waals surface area contributed by atoms with Gasteiger partial charge in [-0.1, -0.05) is 72.8 Å². The highest BCUT2D eigenvalue weighted by Crippen LogP contribution is 2.29. The Bertz CT molecular complexity index is 1860. The first-order valence-corrected chi connectivity index (χ1v) is 17.0. The van der Waals surface area contributed by atoms with Crippen LogP contribution in [0.15, 0.2) is 91.1 Å². The van der Waals surface area contributed by atoms with Crippen molar-refractivity contribution in [1.29, 1.82) is 0 Å². The maximum atomic E-state index is 13.7. The Kier molecular flexibility index (Phi) is 10.8. The molecule has 4 heterocycles. The van der Waals surface area contributed by atoms with Crippen molar-refractivity contribution in [2.24, 2.45) is 0 Å². The van der Waals surface area contributed by atoms with Crippen molar-refractivity contribution in [2.75, 3.05) is 19.0 Å². The summed E-state index contributed by atoms with van der Waals surface area (Å²) in [4.78, 5) is 73.6. The second kappa shape index (κ2) is 15.8. The van der Waals surface area contributed by atoms with Crippen LogP contribution in [0.5, 0.6) is 0 Å². The molecule has 4 amide bonds. The predicted octanol–water partition coefficient (Wildman–Crippen LogP) is 4.06. The van der Waals surface area contributed by atoms with Crippen molar-refractivity contribution in [3.05, 3.63) is 108 Å². The van der Waals surface area contributed by atoms with Gasteiger partial charge in [0, 0.05) is 43.8 Å². The van der Waals surface area contributed by atoms with Crippen LogP contribution in [0.25, 0.3) is 10.9 Å². The molecule has 1 saturated heterocycles. The molecule has 0 radical (unpaired) electrons. The van der Waals surface area contributed by atoms with Crippen LogP contribution in [0.2, 0.25) is 0 Å². The number of carbonyl (C=O) groups excluding carboxylic acids is 5. The molecular formula is C39H41N5O6. The number of fused-ring (bicyclic) bond motifs is 12. The van der Waals surface area contributed by atoms with Crippen LogP contribution in [0.1, 0.15) is 54.7 Å². The second-order valence-corrected chi connectivity index (χ2v) is 12.9.